The second-order valence-electron chi connectivity index (χ2n) is 5.31. The molecule has 4 nitrogen and oxygen atoms in total. The van der Waals surface area contributed by atoms with Crippen molar-refractivity contribution < 1.29 is 8.42 Å². The molecule has 0 unspecified atom stereocenters. The molecule has 0 spiro atoms. The van der Waals surface area contributed by atoms with Crippen LogP contribution in [0, 0.1) is 6.92 Å². The smallest absolute Gasteiger partial charge is 0.243 e. The molecule has 1 heterocycles. The van der Waals surface area contributed by atoms with Crippen molar-refractivity contribution in [2.45, 2.75) is 29.4 Å². The Morgan fingerprint density at radius 1 is 1.35 bits per heavy atom. The lowest BCUT2D eigenvalue weighted by atomic mass is 9.97. The van der Waals surface area contributed by atoms with Gasteiger partial charge in [-0.1, -0.05) is 12.1 Å². The molecule has 0 aliphatic carbocycles. The molecule has 0 radical (unpaired) electrons. The maximum absolute atomic E-state index is 12.6. The lowest BCUT2D eigenvalue weighted by Crippen LogP contribution is -2.48. The van der Waals surface area contributed by atoms with E-state index in [9.17, 15) is 8.42 Å². The van der Waals surface area contributed by atoms with Crippen LogP contribution in [0.1, 0.15) is 18.4 Å². The number of benzene rings is 1. The Morgan fingerprint density at radius 3 is 2.50 bits per heavy atom. The number of nitrogens with two attached hydrogens (primary N) is 1. The molecule has 1 aromatic rings. The number of aryl methyl sites for hydroxylation is 1. The minimum absolute atomic E-state index is 0.0403. The highest BCUT2D eigenvalue weighted by atomic mass is 32.2. The van der Waals surface area contributed by atoms with E-state index < -0.39 is 10.0 Å². The molecule has 0 saturated carbocycles. The van der Waals surface area contributed by atoms with E-state index in [2.05, 4.69) is 6.26 Å². The maximum Gasteiger partial charge on any atom is 0.243 e. The molecule has 0 aromatic heterocycles. The van der Waals surface area contributed by atoms with Crippen LogP contribution in [0.2, 0.25) is 0 Å². The summed E-state index contributed by atoms with van der Waals surface area (Å²) in [5.74, 6) is 0. The molecule has 6 heteroatoms. The molecule has 1 aromatic carbocycles. The summed E-state index contributed by atoms with van der Waals surface area (Å²) in [5, 5.41) is 0. The summed E-state index contributed by atoms with van der Waals surface area (Å²) in [4.78, 5) is 0.391. The van der Waals surface area contributed by atoms with Gasteiger partial charge in [-0.25, -0.2) is 8.42 Å². The van der Waals surface area contributed by atoms with Gasteiger partial charge in [0.15, 0.2) is 0 Å². The van der Waals surface area contributed by atoms with Gasteiger partial charge in [0.25, 0.3) is 0 Å². The van der Waals surface area contributed by atoms with Crippen molar-refractivity contribution in [2.24, 2.45) is 5.73 Å². The maximum atomic E-state index is 12.6. The normalized spacial score (nSPS) is 19.9. The Hall–Kier alpha value is -0.560. The van der Waals surface area contributed by atoms with Crippen LogP contribution in [-0.4, -0.2) is 43.4 Å². The molecule has 2 N–H and O–H groups in total. The third kappa shape index (κ3) is 3.03. The van der Waals surface area contributed by atoms with Gasteiger partial charge in [-0.05, 0) is 43.7 Å². The summed E-state index contributed by atoms with van der Waals surface area (Å²) in [5.41, 5.74) is 6.81. The molecular formula is C14H22N2O2S2. The summed E-state index contributed by atoms with van der Waals surface area (Å²) >= 11 is 1.76. The van der Waals surface area contributed by atoms with Gasteiger partial charge >= 0.3 is 0 Å². The fourth-order valence-electron chi connectivity index (χ4n) is 2.55. The van der Waals surface area contributed by atoms with Crippen LogP contribution in [-0.2, 0) is 10.0 Å². The highest BCUT2D eigenvalue weighted by Gasteiger charge is 2.37. The average Bonchev–Trinajstić information content (AvgIpc) is 2.47. The summed E-state index contributed by atoms with van der Waals surface area (Å²) in [6.07, 6.45) is 3.68. The molecular weight excluding hydrogens is 292 g/mol. The van der Waals surface area contributed by atoms with Crippen molar-refractivity contribution in [1.29, 1.82) is 0 Å². The van der Waals surface area contributed by atoms with Crippen molar-refractivity contribution in [3.63, 3.8) is 0 Å². The van der Waals surface area contributed by atoms with Gasteiger partial charge in [-0.15, -0.1) is 0 Å². The summed E-state index contributed by atoms with van der Waals surface area (Å²) in [7, 11) is -3.37. The third-order valence-electron chi connectivity index (χ3n) is 4.07. The first-order valence-electron chi connectivity index (χ1n) is 6.76. The second-order valence-corrected chi connectivity index (χ2v) is 8.52. The molecule has 20 heavy (non-hydrogen) atoms. The quantitative estimate of drug-likeness (QED) is 0.921. The van der Waals surface area contributed by atoms with E-state index in [4.69, 9.17) is 5.73 Å². The van der Waals surface area contributed by atoms with Crippen LogP contribution >= 0.6 is 11.8 Å². The average molecular weight is 314 g/mol. The topological polar surface area (TPSA) is 63.4 Å². The Bertz CT molecular complexity index is 558. The van der Waals surface area contributed by atoms with Gasteiger partial charge in [0.05, 0.1) is 4.90 Å². The highest BCUT2D eigenvalue weighted by Crippen LogP contribution is 2.35. The molecule has 2 rings (SSSR count). The van der Waals surface area contributed by atoms with Gasteiger partial charge in [0.2, 0.25) is 10.0 Å². The first kappa shape index (κ1) is 15.8. The van der Waals surface area contributed by atoms with Gasteiger partial charge < -0.3 is 5.73 Å². The fraction of sp³-hybridized carbons (Fsp3) is 0.571. The Kier molecular flexibility index (Phi) is 4.79. The number of sulfonamides is 1. The van der Waals surface area contributed by atoms with Crippen molar-refractivity contribution in [2.75, 3.05) is 25.9 Å². The van der Waals surface area contributed by atoms with Crippen LogP contribution in [0.25, 0.3) is 0 Å². The SMILES string of the molecule is CSC1(CN)CCN(S(=O)(=O)c2cccc(C)c2)CC1. The molecule has 0 amide bonds. The molecule has 0 atom stereocenters. The van der Waals surface area contributed by atoms with Gasteiger partial charge in [-0.3, -0.25) is 0 Å². The summed E-state index contributed by atoms with van der Waals surface area (Å²) < 4.78 is 26.9. The zero-order valence-electron chi connectivity index (χ0n) is 12.0. The van der Waals surface area contributed by atoms with Gasteiger partial charge in [0, 0.05) is 24.4 Å². The van der Waals surface area contributed by atoms with Crippen LogP contribution in [0.5, 0.6) is 0 Å². The van der Waals surface area contributed by atoms with Crippen molar-refractivity contribution in [3.8, 4) is 0 Å². The van der Waals surface area contributed by atoms with Crippen LogP contribution in [0.3, 0.4) is 0 Å². The minimum atomic E-state index is -3.37. The van der Waals surface area contributed by atoms with Gasteiger partial charge in [-0.2, -0.15) is 16.1 Å². The van der Waals surface area contributed by atoms with Crippen molar-refractivity contribution in [1.82, 2.24) is 4.31 Å². The van der Waals surface area contributed by atoms with E-state index in [0.717, 1.165) is 18.4 Å². The number of hydrogen-bond donors (Lipinski definition) is 1. The number of thioether (sulfide) groups is 1. The van der Waals surface area contributed by atoms with Crippen molar-refractivity contribution >= 4 is 21.8 Å². The van der Waals surface area contributed by atoms with E-state index in [-0.39, 0.29) is 4.75 Å². The lowest BCUT2D eigenvalue weighted by molar-refractivity contribution is 0.301. The van der Waals surface area contributed by atoms with Crippen molar-refractivity contribution in [3.05, 3.63) is 29.8 Å². The largest absolute Gasteiger partial charge is 0.329 e. The van der Waals surface area contributed by atoms with E-state index in [0.29, 0.717) is 24.5 Å². The number of rotatable bonds is 4. The van der Waals surface area contributed by atoms with Crippen LogP contribution < -0.4 is 5.73 Å². The van der Waals surface area contributed by atoms with Gasteiger partial charge in [0.1, 0.15) is 0 Å². The molecule has 1 aliphatic rings. The molecule has 0 bridgehead atoms. The van der Waals surface area contributed by atoms with E-state index in [1.54, 1.807) is 34.3 Å². The standard InChI is InChI=1S/C14H22N2O2S2/c1-12-4-3-5-13(10-12)20(17,18)16-8-6-14(11-15,19-2)7-9-16/h3-5,10H,6-9,11,15H2,1-2H3. The molecule has 1 fully saturated rings. The molecule has 112 valence electrons. The number of piperidine rings is 1. The predicted octanol–water partition coefficient (Wildman–Crippen LogP) is 1.84. The summed E-state index contributed by atoms with van der Waals surface area (Å²) in [6.45, 7) is 3.61. The Balaban J connectivity index is 2.17. The number of nitrogens with zero attached hydrogens (tertiary/aromatic N) is 1. The van der Waals surface area contributed by atoms with E-state index in [1.165, 1.54) is 0 Å². The zero-order valence-corrected chi connectivity index (χ0v) is 13.6. The minimum Gasteiger partial charge on any atom is -0.329 e. The molecule has 1 aliphatic heterocycles. The highest BCUT2D eigenvalue weighted by molar-refractivity contribution is 8.00. The van der Waals surface area contributed by atoms with E-state index in [1.807, 2.05) is 13.0 Å². The van der Waals surface area contributed by atoms with E-state index >= 15 is 0 Å². The summed E-state index contributed by atoms with van der Waals surface area (Å²) in [6, 6.07) is 7.09. The third-order valence-corrected chi connectivity index (χ3v) is 7.40. The van der Waals surface area contributed by atoms with Crippen LogP contribution in [0.4, 0.5) is 0 Å². The monoisotopic (exact) mass is 314 g/mol. The first-order valence-corrected chi connectivity index (χ1v) is 9.42. The number of hydrogen-bond acceptors (Lipinski definition) is 4. The second kappa shape index (κ2) is 6.05. The Labute approximate surface area is 125 Å². The fourth-order valence-corrected chi connectivity index (χ4v) is 4.85. The molecule has 1 saturated heterocycles. The predicted molar refractivity (Wildman–Crippen MR) is 84.5 cm³/mol. The zero-order chi connectivity index (χ0) is 14.8. The first-order chi connectivity index (χ1) is 9.43. The lowest BCUT2D eigenvalue weighted by Gasteiger charge is -2.39. The van der Waals surface area contributed by atoms with Crippen LogP contribution in [0.15, 0.2) is 29.2 Å². The Morgan fingerprint density at radius 2 is 2.00 bits per heavy atom.